The van der Waals surface area contributed by atoms with Gasteiger partial charge in [0.05, 0.1) is 6.04 Å². The van der Waals surface area contributed by atoms with E-state index in [0.29, 0.717) is 31.6 Å². The van der Waals surface area contributed by atoms with Gasteiger partial charge in [0.15, 0.2) is 5.78 Å². The Morgan fingerprint density at radius 3 is 1.54 bits per heavy atom. The van der Waals surface area contributed by atoms with Crippen LogP contribution in [0.1, 0.15) is 54.5 Å². The van der Waals surface area contributed by atoms with Gasteiger partial charge >= 0.3 is 0 Å². The van der Waals surface area contributed by atoms with E-state index in [1.54, 1.807) is 9.80 Å². The van der Waals surface area contributed by atoms with Gasteiger partial charge in [-0.05, 0) is 93.8 Å². The monoisotopic (exact) mass is 699 g/mol. The molecule has 0 aromatic heterocycles. The van der Waals surface area contributed by atoms with Gasteiger partial charge in [-0.2, -0.15) is 0 Å². The van der Waals surface area contributed by atoms with Crippen molar-refractivity contribution in [2.75, 3.05) is 46.6 Å². The molecule has 2 saturated heterocycles. The van der Waals surface area contributed by atoms with E-state index in [4.69, 9.17) is 0 Å². The molecule has 0 radical (unpaired) electrons. The van der Waals surface area contributed by atoms with Gasteiger partial charge < -0.3 is 15.1 Å². The maximum atomic E-state index is 13.7. The summed E-state index contributed by atoms with van der Waals surface area (Å²) in [6.45, 7) is 1.14. The van der Waals surface area contributed by atoms with Crippen LogP contribution in [0.5, 0.6) is 0 Å². The Kier molecular flexibility index (Phi) is 11.6. The van der Waals surface area contributed by atoms with Crippen molar-refractivity contribution in [2.24, 2.45) is 0 Å². The molecule has 9 nitrogen and oxygen atoms in total. The minimum absolute atomic E-state index is 0.0304. The Labute approximate surface area is 307 Å². The van der Waals surface area contributed by atoms with Crippen molar-refractivity contribution >= 4 is 29.2 Å². The number of likely N-dealkylation sites (N-methyl/N-ethyl adjacent to an activating group) is 2. The maximum absolute atomic E-state index is 13.7. The van der Waals surface area contributed by atoms with E-state index in [1.165, 1.54) is 0 Å². The Hall–Kier alpha value is -5.12. The Bertz CT molecular complexity index is 1710. The van der Waals surface area contributed by atoms with E-state index in [-0.39, 0.29) is 29.9 Å². The van der Waals surface area contributed by atoms with E-state index in [2.05, 4.69) is 5.32 Å². The molecule has 52 heavy (non-hydrogen) atoms. The number of nitrogens with one attached hydrogen (secondary N) is 1. The molecule has 2 heterocycles. The normalized spacial score (nSPS) is 18.4. The highest BCUT2D eigenvalue weighted by Gasteiger charge is 2.39. The zero-order valence-electron chi connectivity index (χ0n) is 30.6. The van der Waals surface area contributed by atoms with Crippen LogP contribution in [0.15, 0.2) is 109 Å². The zero-order chi connectivity index (χ0) is 36.8. The van der Waals surface area contributed by atoms with E-state index in [9.17, 15) is 19.2 Å². The van der Waals surface area contributed by atoms with Crippen LogP contribution in [0.3, 0.4) is 0 Å². The fourth-order valence-electron chi connectivity index (χ4n) is 7.68. The number of hydrogen-bond donors (Lipinski definition) is 1. The van der Waals surface area contributed by atoms with Crippen molar-refractivity contribution in [3.05, 3.63) is 126 Å². The molecule has 3 amide bonds. The summed E-state index contributed by atoms with van der Waals surface area (Å²) in [5.74, 6) is -0.219. The average Bonchev–Trinajstić information content (AvgIpc) is 3.85. The zero-order valence-corrected chi connectivity index (χ0v) is 30.6. The number of ketones is 1. The number of Topliss-reactive ketones (excluding diaryl/α,β-unsaturated/α-hetero) is 1. The highest BCUT2D eigenvalue weighted by Crippen LogP contribution is 2.30. The number of hydrogen-bond acceptors (Lipinski definition) is 6. The first kappa shape index (κ1) is 36.7. The van der Waals surface area contributed by atoms with Crippen LogP contribution < -0.4 is 5.32 Å². The van der Waals surface area contributed by atoms with Gasteiger partial charge in [0, 0.05) is 25.2 Å². The van der Waals surface area contributed by atoms with Gasteiger partial charge in [0.1, 0.15) is 18.1 Å². The van der Waals surface area contributed by atoms with Crippen molar-refractivity contribution in [3.8, 4) is 11.1 Å². The van der Waals surface area contributed by atoms with Gasteiger partial charge in [-0.25, -0.2) is 0 Å². The average molecular weight is 700 g/mol. The van der Waals surface area contributed by atoms with Crippen LogP contribution in [0.2, 0.25) is 0 Å². The van der Waals surface area contributed by atoms with Crippen LogP contribution in [-0.2, 0) is 25.6 Å². The molecular formula is C43H49N5O4. The SMILES string of the molecule is CN(C)[C@@H](C(=O)N1CCC[C@H]1C(=O)Cc1ccc(-c2ccc(NC(=O)[C@@H]3CCCN3C(=O)[C@@H](c3ccccc3)N(C)C)cc2)cc1)c1ccccc1. The molecule has 0 unspecified atom stereocenters. The largest absolute Gasteiger partial charge is 0.331 e. The van der Waals surface area contributed by atoms with Crippen LogP contribution in [0.25, 0.3) is 11.1 Å². The van der Waals surface area contributed by atoms with Crippen LogP contribution in [0, 0.1) is 0 Å². The third kappa shape index (κ3) is 8.16. The van der Waals surface area contributed by atoms with Crippen LogP contribution in [0.4, 0.5) is 5.69 Å². The molecular weight excluding hydrogens is 651 g/mol. The van der Waals surface area contributed by atoms with Gasteiger partial charge in [0.2, 0.25) is 17.7 Å². The molecule has 9 heteroatoms. The number of anilines is 1. The highest BCUT2D eigenvalue weighted by atomic mass is 16.2. The lowest BCUT2D eigenvalue weighted by molar-refractivity contribution is -0.141. The summed E-state index contributed by atoms with van der Waals surface area (Å²) in [4.78, 5) is 61.8. The first-order valence-corrected chi connectivity index (χ1v) is 18.2. The maximum Gasteiger partial charge on any atom is 0.247 e. The molecule has 2 aliphatic rings. The summed E-state index contributed by atoms with van der Waals surface area (Å²) in [5.41, 5.74) is 5.38. The van der Waals surface area contributed by atoms with Crippen molar-refractivity contribution in [1.82, 2.24) is 19.6 Å². The van der Waals surface area contributed by atoms with E-state index < -0.39 is 24.2 Å². The predicted molar refractivity (Wildman–Crippen MR) is 204 cm³/mol. The molecule has 0 spiro atoms. The predicted octanol–water partition coefficient (Wildman–Crippen LogP) is 5.99. The lowest BCUT2D eigenvalue weighted by Gasteiger charge is -2.31. The van der Waals surface area contributed by atoms with E-state index >= 15 is 0 Å². The molecule has 2 aliphatic heterocycles. The molecule has 0 saturated carbocycles. The summed E-state index contributed by atoms with van der Waals surface area (Å²) >= 11 is 0. The second kappa shape index (κ2) is 16.5. The van der Waals surface area contributed by atoms with E-state index in [0.717, 1.165) is 40.7 Å². The summed E-state index contributed by atoms with van der Waals surface area (Å²) in [5, 5.41) is 3.03. The third-order valence-electron chi connectivity index (χ3n) is 10.3. The second-order valence-electron chi connectivity index (χ2n) is 14.3. The third-order valence-corrected chi connectivity index (χ3v) is 10.3. The number of benzene rings is 4. The summed E-state index contributed by atoms with van der Waals surface area (Å²) in [7, 11) is 7.57. The lowest BCUT2D eigenvalue weighted by Crippen LogP contribution is -2.47. The molecule has 0 bridgehead atoms. The van der Waals surface area contributed by atoms with Gasteiger partial charge in [-0.3, -0.25) is 29.0 Å². The number of carbonyl (C=O) groups is 4. The molecule has 4 aromatic rings. The second-order valence-corrected chi connectivity index (χ2v) is 14.3. The molecule has 4 aromatic carbocycles. The molecule has 4 atom stereocenters. The molecule has 270 valence electrons. The number of carbonyl (C=O) groups excluding carboxylic acids is 4. The smallest absolute Gasteiger partial charge is 0.247 e. The van der Waals surface area contributed by atoms with Crippen molar-refractivity contribution < 1.29 is 19.2 Å². The molecule has 2 fully saturated rings. The summed E-state index contributed by atoms with van der Waals surface area (Å²) in [6.07, 6.45) is 3.16. The van der Waals surface area contributed by atoms with Crippen LogP contribution in [-0.4, -0.2) is 96.5 Å². The minimum Gasteiger partial charge on any atom is -0.331 e. The minimum atomic E-state index is -0.527. The fraction of sp³-hybridized carbons (Fsp3) is 0.349. The van der Waals surface area contributed by atoms with Gasteiger partial charge in [-0.1, -0.05) is 97.1 Å². The standard InChI is InChI=1S/C43H49N5O4/c1-45(2)39(33-13-7-5-8-14-33)42(51)47-27-11-17-36(47)38(49)29-30-19-21-31(22-20-30)32-23-25-35(26-24-32)44-41(50)37-18-12-28-48(37)43(52)40(46(3)4)34-15-9-6-10-16-34/h5-10,13-16,19-26,36-37,39-40H,11-12,17-18,27-29H2,1-4H3,(H,44,50)/t36-,37-,39+,40+/m0/s1. The number of amides is 3. The Balaban J connectivity index is 1.06. The van der Waals surface area contributed by atoms with Crippen molar-refractivity contribution in [3.63, 3.8) is 0 Å². The topological polar surface area (TPSA) is 93.3 Å². The number of rotatable bonds is 12. The first-order valence-electron chi connectivity index (χ1n) is 18.2. The molecule has 1 N–H and O–H groups in total. The number of likely N-dealkylation sites (tertiary alicyclic amines) is 2. The van der Waals surface area contributed by atoms with Crippen molar-refractivity contribution in [1.29, 1.82) is 0 Å². The van der Waals surface area contributed by atoms with Gasteiger partial charge in [0.25, 0.3) is 0 Å². The quantitative estimate of drug-likeness (QED) is 0.195. The molecule has 6 rings (SSSR count). The summed E-state index contributed by atoms with van der Waals surface area (Å²) < 4.78 is 0. The number of nitrogens with zero attached hydrogens (tertiary/aromatic N) is 4. The van der Waals surface area contributed by atoms with Crippen LogP contribution >= 0.6 is 0 Å². The lowest BCUT2D eigenvalue weighted by atomic mass is 9.98. The summed E-state index contributed by atoms with van der Waals surface area (Å²) in [6, 6.07) is 33.2. The highest BCUT2D eigenvalue weighted by molar-refractivity contribution is 5.98. The van der Waals surface area contributed by atoms with Gasteiger partial charge in [-0.15, -0.1) is 0 Å². The van der Waals surface area contributed by atoms with Crippen molar-refractivity contribution in [2.45, 2.75) is 56.3 Å². The Morgan fingerprint density at radius 1 is 0.615 bits per heavy atom. The van der Waals surface area contributed by atoms with E-state index in [1.807, 2.05) is 147 Å². The molecule has 0 aliphatic carbocycles. The Morgan fingerprint density at radius 2 is 1.06 bits per heavy atom. The first-order chi connectivity index (χ1) is 25.1. The fourth-order valence-corrected chi connectivity index (χ4v) is 7.68.